The number of aryl methyl sites for hydroxylation is 2. The highest BCUT2D eigenvalue weighted by atomic mass is 32.1. The van der Waals surface area contributed by atoms with Crippen molar-refractivity contribution >= 4 is 11.3 Å². The summed E-state index contributed by atoms with van der Waals surface area (Å²) < 4.78 is 0. The van der Waals surface area contributed by atoms with Gasteiger partial charge in [0.2, 0.25) is 0 Å². The lowest BCUT2D eigenvalue weighted by Gasteiger charge is -2.15. The molecule has 0 fully saturated rings. The Hall–Kier alpha value is -1.19. The zero-order chi connectivity index (χ0) is 13.0. The fourth-order valence-electron chi connectivity index (χ4n) is 2.03. The summed E-state index contributed by atoms with van der Waals surface area (Å²) in [6.45, 7) is 7.42. The predicted molar refractivity (Wildman–Crippen MR) is 77.9 cm³/mol. The maximum Gasteiger partial charge on any atom is 0.0925 e. The summed E-state index contributed by atoms with van der Waals surface area (Å²) in [6.07, 6.45) is 3.01. The van der Waals surface area contributed by atoms with Gasteiger partial charge in [-0.1, -0.05) is 31.2 Å². The molecule has 0 bridgehead atoms. The molecule has 0 aliphatic rings. The second kappa shape index (κ2) is 6.12. The summed E-state index contributed by atoms with van der Waals surface area (Å²) >= 11 is 1.80. The second-order valence-electron chi connectivity index (χ2n) is 4.53. The van der Waals surface area contributed by atoms with Gasteiger partial charge in [-0.15, -0.1) is 11.3 Å². The molecule has 0 radical (unpaired) electrons. The van der Waals surface area contributed by atoms with Crippen molar-refractivity contribution in [1.82, 2.24) is 10.3 Å². The molecule has 0 spiro atoms. The molecule has 96 valence electrons. The lowest BCUT2D eigenvalue weighted by molar-refractivity contribution is 0.576. The fraction of sp³-hybridized carbons (Fsp3) is 0.400. The lowest BCUT2D eigenvalue weighted by atomic mass is 10.0. The SMILES string of the molecule is CCc1ncc(CN[C@H](C)c2ccccc2C)s1. The third-order valence-corrected chi connectivity index (χ3v) is 4.28. The Labute approximate surface area is 113 Å². The van der Waals surface area contributed by atoms with Crippen LogP contribution in [0.1, 0.15) is 40.9 Å². The number of nitrogens with one attached hydrogen (secondary N) is 1. The van der Waals surface area contributed by atoms with Crippen LogP contribution < -0.4 is 5.32 Å². The van der Waals surface area contributed by atoms with E-state index < -0.39 is 0 Å². The van der Waals surface area contributed by atoms with E-state index >= 15 is 0 Å². The topological polar surface area (TPSA) is 24.9 Å². The molecular formula is C15H20N2S. The second-order valence-corrected chi connectivity index (χ2v) is 5.73. The van der Waals surface area contributed by atoms with Crippen LogP contribution in [0.5, 0.6) is 0 Å². The van der Waals surface area contributed by atoms with Crippen molar-refractivity contribution in [2.75, 3.05) is 0 Å². The molecule has 0 aliphatic heterocycles. The average Bonchev–Trinajstić information content (AvgIpc) is 2.84. The largest absolute Gasteiger partial charge is 0.305 e. The van der Waals surface area contributed by atoms with E-state index in [0.717, 1.165) is 13.0 Å². The van der Waals surface area contributed by atoms with E-state index in [-0.39, 0.29) is 0 Å². The van der Waals surface area contributed by atoms with Crippen LogP contribution in [0.15, 0.2) is 30.5 Å². The minimum atomic E-state index is 0.373. The molecule has 0 amide bonds. The molecule has 1 N–H and O–H groups in total. The zero-order valence-corrected chi connectivity index (χ0v) is 12.1. The number of thiazole rings is 1. The van der Waals surface area contributed by atoms with Crippen molar-refractivity contribution in [1.29, 1.82) is 0 Å². The molecule has 0 saturated carbocycles. The first kappa shape index (κ1) is 13.2. The molecule has 1 atom stereocenters. The molecule has 3 heteroatoms. The molecule has 0 unspecified atom stereocenters. The van der Waals surface area contributed by atoms with Crippen LogP contribution in [-0.4, -0.2) is 4.98 Å². The van der Waals surface area contributed by atoms with Crippen molar-refractivity contribution < 1.29 is 0 Å². The molecule has 18 heavy (non-hydrogen) atoms. The van der Waals surface area contributed by atoms with Crippen LogP contribution in [-0.2, 0) is 13.0 Å². The lowest BCUT2D eigenvalue weighted by Crippen LogP contribution is -2.18. The van der Waals surface area contributed by atoms with Gasteiger partial charge < -0.3 is 5.32 Å². The van der Waals surface area contributed by atoms with Gasteiger partial charge in [-0.3, -0.25) is 0 Å². The summed E-state index contributed by atoms with van der Waals surface area (Å²) in [6, 6.07) is 8.91. The van der Waals surface area contributed by atoms with Crippen LogP contribution in [0.4, 0.5) is 0 Å². The Morgan fingerprint density at radius 3 is 2.78 bits per heavy atom. The standard InChI is InChI=1S/C15H20N2S/c1-4-15-17-10-13(18-15)9-16-12(3)14-8-6-5-7-11(14)2/h5-8,10,12,16H,4,9H2,1-3H3/t12-/m1/s1. The summed E-state index contributed by atoms with van der Waals surface area (Å²) in [5, 5.41) is 4.78. The molecule has 1 heterocycles. The number of hydrogen-bond acceptors (Lipinski definition) is 3. The highest BCUT2D eigenvalue weighted by Gasteiger charge is 2.08. The number of rotatable bonds is 5. The van der Waals surface area contributed by atoms with Gasteiger partial charge in [-0.25, -0.2) is 4.98 Å². The van der Waals surface area contributed by atoms with Crippen molar-refractivity contribution in [2.24, 2.45) is 0 Å². The summed E-state index contributed by atoms with van der Waals surface area (Å²) in [5.41, 5.74) is 2.72. The highest BCUT2D eigenvalue weighted by Crippen LogP contribution is 2.19. The van der Waals surface area contributed by atoms with Crippen molar-refractivity contribution in [2.45, 2.75) is 39.8 Å². The Balaban J connectivity index is 1.96. The molecular weight excluding hydrogens is 240 g/mol. The first-order valence-electron chi connectivity index (χ1n) is 6.43. The van der Waals surface area contributed by atoms with Crippen LogP contribution in [0, 0.1) is 6.92 Å². The van der Waals surface area contributed by atoms with Gasteiger partial charge in [0.25, 0.3) is 0 Å². The Kier molecular flexibility index (Phi) is 4.50. The Morgan fingerprint density at radius 1 is 1.33 bits per heavy atom. The number of aromatic nitrogens is 1. The molecule has 2 aromatic rings. The molecule has 1 aromatic heterocycles. The van der Waals surface area contributed by atoms with E-state index in [4.69, 9.17) is 0 Å². The van der Waals surface area contributed by atoms with E-state index in [1.165, 1.54) is 21.0 Å². The van der Waals surface area contributed by atoms with E-state index in [0.29, 0.717) is 6.04 Å². The third kappa shape index (κ3) is 3.18. The van der Waals surface area contributed by atoms with Gasteiger partial charge in [0, 0.05) is 23.7 Å². The maximum atomic E-state index is 4.38. The molecule has 0 saturated heterocycles. The highest BCUT2D eigenvalue weighted by molar-refractivity contribution is 7.11. The molecule has 2 nitrogen and oxygen atoms in total. The maximum absolute atomic E-state index is 4.38. The van der Waals surface area contributed by atoms with Crippen molar-refractivity contribution in [3.8, 4) is 0 Å². The van der Waals surface area contributed by atoms with Gasteiger partial charge in [0.1, 0.15) is 0 Å². The van der Waals surface area contributed by atoms with E-state index in [2.05, 4.69) is 55.3 Å². The van der Waals surface area contributed by atoms with Crippen molar-refractivity contribution in [3.05, 3.63) is 51.5 Å². The van der Waals surface area contributed by atoms with Gasteiger partial charge in [0.15, 0.2) is 0 Å². The summed E-state index contributed by atoms with van der Waals surface area (Å²) in [7, 11) is 0. The fourth-order valence-corrected chi connectivity index (χ4v) is 2.84. The van der Waals surface area contributed by atoms with Gasteiger partial charge >= 0.3 is 0 Å². The predicted octanol–water partition coefficient (Wildman–Crippen LogP) is 3.86. The third-order valence-electron chi connectivity index (χ3n) is 3.14. The number of benzene rings is 1. The first-order chi connectivity index (χ1) is 8.70. The summed E-state index contributed by atoms with van der Waals surface area (Å²) in [4.78, 5) is 5.69. The monoisotopic (exact) mass is 260 g/mol. The van der Waals surface area contributed by atoms with Crippen molar-refractivity contribution in [3.63, 3.8) is 0 Å². The van der Waals surface area contributed by atoms with E-state index in [1.54, 1.807) is 11.3 Å². The molecule has 1 aromatic carbocycles. The van der Waals surface area contributed by atoms with Gasteiger partial charge in [-0.05, 0) is 31.4 Å². The smallest absolute Gasteiger partial charge is 0.0925 e. The van der Waals surface area contributed by atoms with Crippen LogP contribution in [0.3, 0.4) is 0 Å². The van der Waals surface area contributed by atoms with E-state index in [9.17, 15) is 0 Å². The first-order valence-corrected chi connectivity index (χ1v) is 7.25. The molecule has 2 rings (SSSR count). The Bertz CT molecular complexity index is 505. The summed E-state index contributed by atoms with van der Waals surface area (Å²) in [5.74, 6) is 0. The zero-order valence-electron chi connectivity index (χ0n) is 11.2. The van der Waals surface area contributed by atoms with Crippen LogP contribution in [0.2, 0.25) is 0 Å². The van der Waals surface area contributed by atoms with Gasteiger partial charge in [-0.2, -0.15) is 0 Å². The normalized spacial score (nSPS) is 12.6. The van der Waals surface area contributed by atoms with Gasteiger partial charge in [0.05, 0.1) is 5.01 Å². The van der Waals surface area contributed by atoms with Crippen LogP contribution in [0.25, 0.3) is 0 Å². The average molecular weight is 260 g/mol. The van der Waals surface area contributed by atoms with Crippen LogP contribution >= 0.6 is 11.3 Å². The molecule has 0 aliphatic carbocycles. The minimum Gasteiger partial charge on any atom is -0.305 e. The minimum absolute atomic E-state index is 0.373. The number of hydrogen-bond donors (Lipinski definition) is 1. The Morgan fingerprint density at radius 2 is 2.11 bits per heavy atom. The number of nitrogens with zero attached hydrogens (tertiary/aromatic N) is 1. The van der Waals surface area contributed by atoms with E-state index in [1.807, 2.05) is 6.20 Å². The quantitative estimate of drug-likeness (QED) is 0.883.